The quantitative estimate of drug-likeness (QED) is 0.517. The number of hydrogen-bond donors (Lipinski definition) is 4. The molecule has 0 saturated carbocycles. The number of aliphatic hydroxyl groups is 1. The summed E-state index contributed by atoms with van der Waals surface area (Å²) in [4.78, 5) is 25.7. The Morgan fingerprint density at radius 1 is 1.15 bits per heavy atom. The highest BCUT2D eigenvalue weighted by Gasteiger charge is 2.14. The smallest absolute Gasteiger partial charge is 0.254 e. The molecule has 0 unspecified atom stereocenters. The molecule has 1 aliphatic rings. The first kappa shape index (κ1) is 25.8. The highest BCUT2D eigenvalue weighted by molar-refractivity contribution is 6.10. The Morgan fingerprint density at radius 3 is 2.64 bits per heavy atom. The maximum atomic E-state index is 13.9. The Kier molecular flexibility index (Phi) is 11.3. The highest BCUT2D eigenvalue weighted by Crippen LogP contribution is 2.20. The lowest BCUT2D eigenvalue weighted by Gasteiger charge is -2.13. The Bertz CT molecular complexity index is 981. The molecule has 0 bridgehead atoms. The number of carbonyl (C=O) groups is 1. The van der Waals surface area contributed by atoms with Crippen LogP contribution in [0.1, 0.15) is 35.2 Å². The molecule has 0 saturated heterocycles. The van der Waals surface area contributed by atoms with E-state index >= 15 is 0 Å². The number of hydrogen-bond acceptors (Lipinski definition) is 7. The van der Waals surface area contributed by atoms with Gasteiger partial charge in [-0.25, -0.2) is 19.2 Å². The van der Waals surface area contributed by atoms with E-state index in [0.717, 1.165) is 31.4 Å². The van der Waals surface area contributed by atoms with E-state index in [0.29, 0.717) is 23.9 Å². The van der Waals surface area contributed by atoms with Gasteiger partial charge in [-0.2, -0.15) is 0 Å². The van der Waals surface area contributed by atoms with Crippen LogP contribution in [-0.4, -0.2) is 55.9 Å². The van der Waals surface area contributed by atoms with Gasteiger partial charge >= 0.3 is 0 Å². The van der Waals surface area contributed by atoms with Crippen LogP contribution in [0.3, 0.4) is 0 Å². The number of nitrogens with zero attached hydrogens (tertiary/aromatic N) is 3. The standard InChI is InChI=1S/C22H25FN6O.CH3FO/c1-24-19-12-6-4-10-17(19)21-25-13-7-2-8-14-27-29-20(28-21)15-26-22(30)16-9-3-5-11-18(16)23;2-1-3/h3-6,9-12,27H,1-2,7-8,13-15H2,(H,26,30)(H,25,28,29);3H,1H2. The van der Waals surface area contributed by atoms with Gasteiger partial charge in [0.25, 0.3) is 5.91 Å². The lowest BCUT2D eigenvalue weighted by atomic mass is 10.1. The lowest BCUT2D eigenvalue weighted by Crippen LogP contribution is -2.44. The fourth-order valence-corrected chi connectivity index (χ4v) is 2.98. The molecule has 2 aromatic rings. The van der Waals surface area contributed by atoms with Crippen molar-refractivity contribution in [1.29, 1.82) is 0 Å². The van der Waals surface area contributed by atoms with Crippen LogP contribution < -0.4 is 16.2 Å². The van der Waals surface area contributed by atoms with Crippen molar-refractivity contribution < 1.29 is 18.7 Å². The number of para-hydroxylation sites is 1. The third-order valence-corrected chi connectivity index (χ3v) is 4.55. The Morgan fingerprint density at radius 2 is 1.88 bits per heavy atom. The van der Waals surface area contributed by atoms with Crippen LogP contribution in [0.4, 0.5) is 14.5 Å². The summed E-state index contributed by atoms with van der Waals surface area (Å²) in [6.07, 6.45) is 2.97. The number of aliphatic hydroxyl groups excluding tert-OH is 1. The summed E-state index contributed by atoms with van der Waals surface area (Å²) in [6, 6.07) is 13.3. The normalized spacial score (nSPS) is 14.3. The SMILES string of the molecule is C=Nc1ccccc1C1=NCCCCCNNC(CNC(=O)c2ccccc2F)=N1.OCF. The number of nitrogens with one attached hydrogen (secondary N) is 3. The van der Waals surface area contributed by atoms with Gasteiger partial charge in [-0.1, -0.05) is 30.7 Å². The second-order valence-electron chi connectivity index (χ2n) is 6.83. The topological polar surface area (TPSA) is 110 Å². The number of carbonyl (C=O) groups excluding carboxylic acids is 1. The Labute approximate surface area is 191 Å². The number of hydrazine groups is 1. The summed E-state index contributed by atoms with van der Waals surface area (Å²) >= 11 is 0. The van der Waals surface area contributed by atoms with Gasteiger partial charge in [0.05, 0.1) is 17.8 Å². The molecule has 1 aliphatic heterocycles. The molecule has 8 nitrogen and oxygen atoms in total. The zero-order chi connectivity index (χ0) is 23.9. The van der Waals surface area contributed by atoms with Crippen LogP contribution in [0.2, 0.25) is 0 Å². The number of aliphatic imine (C=N–C) groups is 3. The molecule has 176 valence electrons. The van der Waals surface area contributed by atoms with Gasteiger partial charge in [-0.15, -0.1) is 0 Å². The number of halogens is 2. The molecule has 0 spiro atoms. The summed E-state index contributed by atoms with van der Waals surface area (Å²) in [7, 11) is 0. The van der Waals surface area contributed by atoms with Crippen molar-refractivity contribution in [3.63, 3.8) is 0 Å². The minimum absolute atomic E-state index is 0.0159. The summed E-state index contributed by atoms with van der Waals surface area (Å²) in [5.74, 6) is -0.124. The predicted molar refractivity (Wildman–Crippen MR) is 126 cm³/mol. The second kappa shape index (κ2) is 14.5. The van der Waals surface area contributed by atoms with E-state index in [4.69, 9.17) is 5.11 Å². The van der Waals surface area contributed by atoms with Crippen molar-refractivity contribution in [3.05, 3.63) is 65.5 Å². The van der Waals surface area contributed by atoms with Gasteiger partial charge in [0.15, 0.2) is 12.7 Å². The van der Waals surface area contributed by atoms with Crippen molar-refractivity contribution in [3.8, 4) is 0 Å². The maximum Gasteiger partial charge on any atom is 0.254 e. The van der Waals surface area contributed by atoms with Crippen LogP contribution in [-0.2, 0) is 0 Å². The zero-order valence-electron chi connectivity index (χ0n) is 18.2. The van der Waals surface area contributed by atoms with Gasteiger partial charge < -0.3 is 15.8 Å². The number of amidine groups is 2. The average molecular weight is 459 g/mol. The summed E-state index contributed by atoms with van der Waals surface area (Å²) in [5.41, 5.74) is 7.57. The molecule has 3 rings (SSSR count). The highest BCUT2D eigenvalue weighted by atomic mass is 19.1. The van der Waals surface area contributed by atoms with Crippen LogP contribution in [0.15, 0.2) is 63.5 Å². The third-order valence-electron chi connectivity index (χ3n) is 4.55. The molecular formula is C23H28F2N6O2. The van der Waals surface area contributed by atoms with Crippen LogP contribution in [0.5, 0.6) is 0 Å². The van der Waals surface area contributed by atoms with E-state index < -0.39 is 18.6 Å². The molecule has 0 fully saturated rings. The van der Waals surface area contributed by atoms with Crippen LogP contribution >= 0.6 is 0 Å². The first-order valence-electron chi connectivity index (χ1n) is 10.5. The minimum atomic E-state index is -1.25. The maximum absolute atomic E-state index is 13.9. The van der Waals surface area contributed by atoms with Crippen molar-refractivity contribution in [2.45, 2.75) is 19.3 Å². The monoisotopic (exact) mass is 458 g/mol. The van der Waals surface area contributed by atoms with Gasteiger partial charge in [-0.05, 0) is 43.8 Å². The molecule has 33 heavy (non-hydrogen) atoms. The molecule has 0 radical (unpaired) electrons. The predicted octanol–water partition coefficient (Wildman–Crippen LogP) is 2.92. The van der Waals surface area contributed by atoms with E-state index in [1.54, 1.807) is 12.1 Å². The van der Waals surface area contributed by atoms with E-state index in [-0.39, 0.29) is 12.1 Å². The first-order valence-corrected chi connectivity index (χ1v) is 10.5. The number of rotatable bonds is 5. The summed E-state index contributed by atoms with van der Waals surface area (Å²) in [5, 5.41) is 9.61. The average Bonchev–Trinajstić information content (AvgIpc) is 2.88. The van der Waals surface area contributed by atoms with E-state index in [1.807, 2.05) is 24.3 Å². The lowest BCUT2D eigenvalue weighted by molar-refractivity contribution is 0.0955. The van der Waals surface area contributed by atoms with E-state index in [9.17, 15) is 13.6 Å². The molecular weight excluding hydrogens is 430 g/mol. The van der Waals surface area contributed by atoms with Gasteiger partial charge in [0, 0.05) is 18.7 Å². The molecule has 1 heterocycles. The van der Waals surface area contributed by atoms with Gasteiger partial charge in [-0.3, -0.25) is 14.8 Å². The van der Waals surface area contributed by atoms with Crippen molar-refractivity contribution in [1.82, 2.24) is 16.2 Å². The fraction of sp³-hybridized carbons (Fsp3) is 0.304. The van der Waals surface area contributed by atoms with Crippen molar-refractivity contribution >= 4 is 30.0 Å². The van der Waals surface area contributed by atoms with Crippen molar-refractivity contribution in [2.24, 2.45) is 15.0 Å². The second-order valence-corrected chi connectivity index (χ2v) is 6.83. The summed E-state index contributed by atoms with van der Waals surface area (Å²) in [6.45, 7) is 3.83. The third kappa shape index (κ3) is 8.51. The van der Waals surface area contributed by atoms with E-state index in [2.05, 4.69) is 37.9 Å². The molecule has 2 aromatic carbocycles. The molecule has 1 amide bonds. The first-order chi connectivity index (χ1) is 16.1. The van der Waals surface area contributed by atoms with E-state index in [1.165, 1.54) is 12.1 Å². The van der Waals surface area contributed by atoms with Crippen LogP contribution in [0.25, 0.3) is 0 Å². The number of amides is 1. The number of alkyl halides is 1. The molecule has 0 aliphatic carbocycles. The largest absolute Gasteiger partial charge is 0.366 e. The van der Waals surface area contributed by atoms with Crippen LogP contribution in [0, 0.1) is 5.82 Å². The van der Waals surface area contributed by atoms with Gasteiger partial charge in [0.2, 0.25) is 0 Å². The molecule has 0 aromatic heterocycles. The zero-order valence-corrected chi connectivity index (χ0v) is 18.2. The van der Waals surface area contributed by atoms with Gasteiger partial charge in [0.1, 0.15) is 11.7 Å². The Hall–Kier alpha value is -3.50. The molecule has 4 N–H and O–H groups in total. The summed E-state index contributed by atoms with van der Waals surface area (Å²) < 4.78 is 23.7. The minimum Gasteiger partial charge on any atom is -0.366 e. The van der Waals surface area contributed by atoms with Crippen molar-refractivity contribution in [2.75, 3.05) is 26.5 Å². The number of benzene rings is 2. The fourth-order valence-electron chi connectivity index (χ4n) is 2.98. The molecule has 10 heteroatoms. The Balaban J connectivity index is 0.00000122. The molecule has 0 atom stereocenters.